The highest BCUT2D eigenvalue weighted by Gasteiger charge is 2.16. The first-order valence-electron chi connectivity index (χ1n) is 7.37. The van der Waals surface area contributed by atoms with E-state index < -0.39 is 0 Å². The molecule has 1 fully saturated rings. The Balaban J connectivity index is 1.56. The van der Waals surface area contributed by atoms with Gasteiger partial charge in [-0.2, -0.15) is 0 Å². The Kier molecular flexibility index (Phi) is 5.87. The first-order valence-corrected chi connectivity index (χ1v) is 7.37. The lowest BCUT2D eigenvalue weighted by atomic mass is 9.94. The number of hydrogen-bond donors (Lipinski definition) is 1. The van der Waals surface area contributed by atoms with Crippen LogP contribution in [0, 0.1) is 5.92 Å². The van der Waals surface area contributed by atoms with E-state index in [4.69, 9.17) is 4.74 Å². The first-order chi connectivity index (χ1) is 9.74. The van der Waals surface area contributed by atoms with Crippen LogP contribution >= 0.6 is 0 Å². The second-order valence-electron chi connectivity index (χ2n) is 5.49. The van der Waals surface area contributed by atoms with Gasteiger partial charge in [-0.15, -0.1) is 0 Å². The fourth-order valence-corrected chi connectivity index (χ4v) is 2.48. The van der Waals surface area contributed by atoms with E-state index in [1.807, 2.05) is 30.3 Å². The number of likely N-dealkylation sites (tertiary alicyclic amines) is 1. The van der Waals surface area contributed by atoms with Crippen LogP contribution in [-0.2, 0) is 4.79 Å². The highest BCUT2D eigenvalue weighted by Crippen LogP contribution is 2.18. The van der Waals surface area contributed by atoms with Crippen molar-refractivity contribution in [1.82, 2.24) is 10.2 Å². The van der Waals surface area contributed by atoms with Gasteiger partial charge >= 0.3 is 0 Å². The van der Waals surface area contributed by atoms with E-state index in [-0.39, 0.29) is 12.5 Å². The van der Waals surface area contributed by atoms with Crippen LogP contribution in [0.2, 0.25) is 0 Å². The molecule has 2 rings (SSSR count). The molecule has 0 radical (unpaired) electrons. The van der Waals surface area contributed by atoms with E-state index in [1.165, 1.54) is 25.9 Å². The number of ether oxygens (including phenoxy) is 1. The molecular weight excluding hydrogens is 252 g/mol. The summed E-state index contributed by atoms with van der Waals surface area (Å²) in [5.41, 5.74) is 0. The van der Waals surface area contributed by atoms with Crippen molar-refractivity contribution < 1.29 is 9.53 Å². The van der Waals surface area contributed by atoms with Gasteiger partial charge in [-0.05, 0) is 57.5 Å². The van der Waals surface area contributed by atoms with Crippen molar-refractivity contribution in [2.45, 2.75) is 19.3 Å². The van der Waals surface area contributed by atoms with Gasteiger partial charge in [0.05, 0.1) is 0 Å². The minimum atomic E-state index is -0.0400. The van der Waals surface area contributed by atoms with E-state index in [2.05, 4.69) is 17.3 Å². The molecule has 110 valence electrons. The van der Waals surface area contributed by atoms with Crippen molar-refractivity contribution in [3.05, 3.63) is 30.3 Å². The van der Waals surface area contributed by atoms with Gasteiger partial charge in [0.25, 0.3) is 5.91 Å². The minimum absolute atomic E-state index is 0.0400. The minimum Gasteiger partial charge on any atom is -0.484 e. The van der Waals surface area contributed by atoms with E-state index in [9.17, 15) is 4.79 Å². The molecule has 1 saturated heterocycles. The second kappa shape index (κ2) is 7.90. The molecule has 1 aromatic rings. The number of nitrogens with one attached hydrogen (secondary N) is 1. The van der Waals surface area contributed by atoms with Crippen molar-refractivity contribution in [1.29, 1.82) is 0 Å². The van der Waals surface area contributed by atoms with Crippen LogP contribution in [0.1, 0.15) is 19.3 Å². The average Bonchev–Trinajstić information content (AvgIpc) is 2.48. The Morgan fingerprint density at radius 3 is 2.70 bits per heavy atom. The molecule has 4 heteroatoms. The third-order valence-corrected chi connectivity index (χ3v) is 3.83. The molecule has 0 unspecified atom stereocenters. The van der Waals surface area contributed by atoms with Gasteiger partial charge in [0, 0.05) is 6.54 Å². The summed E-state index contributed by atoms with van der Waals surface area (Å²) in [7, 11) is 2.17. The third-order valence-electron chi connectivity index (χ3n) is 3.83. The molecule has 0 spiro atoms. The number of carbonyl (C=O) groups is 1. The van der Waals surface area contributed by atoms with Crippen molar-refractivity contribution >= 4 is 5.91 Å². The van der Waals surface area contributed by atoms with Crippen LogP contribution in [-0.4, -0.2) is 44.1 Å². The molecule has 1 aromatic carbocycles. The van der Waals surface area contributed by atoms with Crippen LogP contribution < -0.4 is 10.1 Å². The number of benzene rings is 1. The van der Waals surface area contributed by atoms with Gasteiger partial charge < -0.3 is 15.0 Å². The number of para-hydroxylation sites is 1. The quantitative estimate of drug-likeness (QED) is 0.863. The number of nitrogens with zero attached hydrogens (tertiary/aromatic N) is 1. The smallest absolute Gasteiger partial charge is 0.257 e. The molecule has 0 aliphatic carbocycles. The summed E-state index contributed by atoms with van der Waals surface area (Å²) >= 11 is 0. The van der Waals surface area contributed by atoms with Crippen LogP contribution in [0.3, 0.4) is 0 Å². The molecule has 1 aliphatic heterocycles. The first kappa shape index (κ1) is 14.9. The Morgan fingerprint density at radius 1 is 1.30 bits per heavy atom. The monoisotopic (exact) mass is 276 g/mol. The van der Waals surface area contributed by atoms with Gasteiger partial charge in [-0.3, -0.25) is 4.79 Å². The molecule has 0 atom stereocenters. The Morgan fingerprint density at radius 2 is 2.00 bits per heavy atom. The zero-order chi connectivity index (χ0) is 14.2. The fraction of sp³-hybridized carbons (Fsp3) is 0.562. The molecule has 0 saturated carbocycles. The maximum Gasteiger partial charge on any atom is 0.257 e. The van der Waals surface area contributed by atoms with E-state index in [1.54, 1.807) is 0 Å². The summed E-state index contributed by atoms with van der Waals surface area (Å²) in [6.07, 6.45) is 3.56. The molecule has 4 nitrogen and oxygen atoms in total. The topological polar surface area (TPSA) is 41.6 Å². The lowest BCUT2D eigenvalue weighted by Crippen LogP contribution is -2.34. The predicted molar refractivity (Wildman–Crippen MR) is 79.8 cm³/mol. The average molecular weight is 276 g/mol. The van der Waals surface area contributed by atoms with Crippen LogP contribution in [0.5, 0.6) is 5.75 Å². The van der Waals surface area contributed by atoms with Gasteiger partial charge in [-0.1, -0.05) is 18.2 Å². The molecule has 0 bridgehead atoms. The van der Waals surface area contributed by atoms with E-state index in [0.717, 1.165) is 24.6 Å². The van der Waals surface area contributed by atoms with E-state index in [0.29, 0.717) is 0 Å². The standard InChI is InChI=1S/C16H24N2O2/c1-18-11-8-14(9-12-18)7-10-17-16(19)13-20-15-5-3-2-4-6-15/h2-6,14H,7-13H2,1H3,(H,17,19). The lowest BCUT2D eigenvalue weighted by Gasteiger charge is -2.28. The van der Waals surface area contributed by atoms with Crippen LogP contribution in [0.25, 0.3) is 0 Å². The SMILES string of the molecule is CN1CCC(CCNC(=O)COc2ccccc2)CC1. The molecule has 1 heterocycles. The highest BCUT2D eigenvalue weighted by atomic mass is 16.5. The largest absolute Gasteiger partial charge is 0.484 e. The molecule has 0 aromatic heterocycles. The summed E-state index contributed by atoms with van der Waals surface area (Å²) in [5, 5.41) is 2.93. The molecule has 1 amide bonds. The molecule has 1 N–H and O–H groups in total. The van der Waals surface area contributed by atoms with Gasteiger partial charge in [0.1, 0.15) is 5.75 Å². The zero-order valence-electron chi connectivity index (χ0n) is 12.2. The number of carbonyl (C=O) groups excluding carboxylic acids is 1. The van der Waals surface area contributed by atoms with E-state index >= 15 is 0 Å². The predicted octanol–water partition coefficient (Wildman–Crippen LogP) is 1.91. The Hall–Kier alpha value is -1.55. The number of hydrogen-bond acceptors (Lipinski definition) is 3. The highest BCUT2D eigenvalue weighted by molar-refractivity contribution is 5.77. The maximum atomic E-state index is 11.7. The molecule has 1 aliphatic rings. The van der Waals surface area contributed by atoms with Crippen molar-refractivity contribution in [2.24, 2.45) is 5.92 Å². The number of piperidine rings is 1. The maximum absolute atomic E-state index is 11.7. The molecule has 20 heavy (non-hydrogen) atoms. The van der Waals surface area contributed by atoms with Gasteiger partial charge in [-0.25, -0.2) is 0 Å². The third kappa shape index (κ3) is 5.21. The van der Waals surface area contributed by atoms with Crippen LogP contribution in [0.15, 0.2) is 30.3 Å². The summed E-state index contributed by atoms with van der Waals surface area (Å²) in [6, 6.07) is 9.42. The zero-order valence-corrected chi connectivity index (χ0v) is 12.2. The number of rotatable bonds is 6. The van der Waals surface area contributed by atoms with Crippen molar-refractivity contribution in [2.75, 3.05) is 33.3 Å². The molecular formula is C16H24N2O2. The summed E-state index contributed by atoms with van der Waals surface area (Å²) in [4.78, 5) is 14.0. The van der Waals surface area contributed by atoms with Crippen molar-refractivity contribution in [3.63, 3.8) is 0 Å². The van der Waals surface area contributed by atoms with Crippen molar-refractivity contribution in [3.8, 4) is 5.75 Å². The van der Waals surface area contributed by atoms with Crippen LogP contribution in [0.4, 0.5) is 0 Å². The lowest BCUT2D eigenvalue weighted by molar-refractivity contribution is -0.123. The van der Waals surface area contributed by atoms with Gasteiger partial charge in [0.15, 0.2) is 6.61 Å². The van der Waals surface area contributed by atoms with Gasteiger partial charge in [0.2, 0.25) is 0 Å². The normalized spacial score (nSPS) is 16.9. The summed E-state index contributed by atoms with van der Waals surface area (Å²) < 4.78 is 5.41. The Labute approximate surface area is 121 Å². The second-order valence-corrected chi connectivity index (χ2v) is 5.49. The fourth-order valence-electron chi connectivity index (χ4n) is 2.48. The number of amides is 1. The summed E-state index contributed by atoms with van der Waals surface area (Å²) in [5.74, 6) is 1.45. The Bertz CT molecular complexity index is 400. The summed E-state index contributed by atoms with van der Waals surface area (Å²) in [6.45, 7) is 3.20.